The highest BCUT2D eigenvalue weighted by Crippen LogP contribution is 2.25. The first kappa shape index (κ1) is 11.2. The Morgan fingerprint density at radius 2 is 2.14 bits per heavy atom. The van der Waals surface area contributed by atoms with Crippen molar-refractivity contribution in [2.75, 3.05) is 0 Å². The summed E-state index contributed by atoms with van der Waals surface area (Å²) in [6.07, 6.45) is 2.10. The molecule has 1 atom stereocenters. The molecule has 78 valence electrons. The minimum absolute atomic E-state index is 0.216. The van der Waals surface area contributed by atoms with Crippen LogP contribution in [0.2, 0.25) is 0 Å². The van der Waals surface area contributed by atoms with Crippen molar-refractivity contribution in [3.8, 4) is 5.06 Å². The first-order valence-corrected chi connectivity index (χ1v) is 5.65. The molecule has 0 saturated carbocycles. The minimum atomic E-state index is 0.216. The van der Waals surface area contributed by atoms with Crippen molar-refractivity contribution in [2.24, 2.45) is 5.92 Å². The summed E-state index contributed by atoms with van der Waals surface area (Å²) >= 11 is 1.40. The maximum Gasteiger partial charge on any atom is 0.174 e. The largest absolute Gasteiger partial charge is 0.481 e. The van der Waals surface area contributed by atoms with Crippen molar-refractivity contribution in [1.82, 2.24) is 0 Å². The van der Waals surface area contributed by atoms with Crippen LogP contribution in [-0.4, -0.2) is 12.4 Å². The lowest BCUT2D eigenvalue weighted by atomic mass is 10.1. The van der Waals surface area contributed by atoms with Crippen LogP contribution in [0.15, 0.2) is 12.1 Å². The predicted molar refractivity (Wildman–Crippen MR) is 59.3 cm³/mol. The van der Waals surface area contributed by atoms with Gasteiger partial charge in [-0.3, -0.25) is 4.79 Å². The van der Waals surface area contributed by atoms with Gasteiger partial charge in [0.2, 0.25) is 0 Å². The van der Waals surface area contributed by atoms with Crippen LogP contribution in [0.3, 0.4) is 0 Å². The number of aldehydes is 1. The third kappa shape index (κ3) is 3.50. The Kier molecular flexibility index (Phi) is 4.14. The Morgan fingerprint density at radius 3 is 2.64 bits per heavy atom. The molecule has 3 heteroatoms. The molecule has 0 aliphatic heterocycles. The summed E-state index contributed by atoms with van der Waals surface area (Å²) in [5.41, 5.74) is 0. The molecule has 2 nitrogen and oxygen atoms in total. The normalized spacial score (nSPS) is 12.9. The van der Waals surface area contributed by atoms with Crippen LogP contribution < -0.4 is 4.74 Å². The quantitative estimate of drug-likeness (QED) is 0.699. The molecule has 1 aromatic rings. The first-order chi connectivity index (χ1) is 6.61. The molecule has 0 spiro atoms. The van der Waals surface area contributed by atoms with Crippen LogP contribution in [0.5, 0.6) is 5.06 Å². The smallest absolute Gasteiger partial charge is 0.174 e. The molecule has 0 bridgehead atoms. The fourth-order valence-electron chi connectivity index (χ4n) is 1.37. The van der Waals surface area contributed by atoms with E-state index in [1.165, 1.54) is 11.3 Å². The third-order valence-electron chi connectivity index (χ3n) is 1.84. The lowest BCUT2D eigenvalue weighted by Crippen LogP contribution is -2.13. The van der Waals surface area contributed by atoms with Gasteiger partial charge in [-0.1, -0.05) is 25.2 Å². The topological polar surface area (TPSA) is 26.3 Å². The summed E-state index contributed by atoms with van der Waals surface area (Å²) < 4.78 is 5.67. The summed E-state index contributed by atoms with van der Waals surface area (Å²) in [6.45, 7) is 6.40. The van der Waals surface area contributed by atoms with E-state index in [2.05, 4.69) is 20.8 Å². The molecule has 0 aliphatic carbocycles. The molecule has 14 heavy (non-hydrogen) atoms. The van der Waals surface area contributed by atoms with E-state index in [0.717, 1.165) is 22.6 Å². The molecule has 0 fully saturated rings. The number of hydrogen-bond acceptors (Lipinski definition) is 3. The summed E-state index contributed by atoms with van der Waals surface area (Å²) in [5.74, 6) is 0.635. The molecule has 0 aliphatic rings. The Hall–Kier alpha value is -0.830. The van der Waals surface area contributed by atoms with Crippen molar-refractivity contribution in [3.63, 3.8) is 0 Å². The zero-order chi connectivity index (χ0) is 10.6. The van der Waals surface area contributed by atoms with Crippen LogP contribution in [0, 0.1) is 5.92 Å². The van der Waals surface area contributed by atoms with E-state index in [4.69, 9.17) is 4.74 Å². The zero-order valence-corrected chi connectivity index (χ0v) is 9.64. The maximum atomic E-state index is 10.4. The molecular weight excluding hydrogens is 196 g/mol. The number of thiophene rings is 1. The van der Waals surface area contributed by atoms with Gasteiger partial charge in [-0.25, -0.2) is 0 Å². The van der Waals surface area contributed by atoms with Gasteiger partial charge in [0.25, 0.3) is 0 Å². The number of carbonyl (C=O) groups is 1. The average molecular weight is 212 g/mol. The lowest BCUT2D eigenvalue weighted by molar-refractivity contribution is 0.112. The van der Waals surface area contributed by atoms with Gasteiger partial charge in [0.1, 0.15) is 0 Å². The fourth-order valence-corrected chi connectivity index (χ4v) is 2.14. The van der Waals surface area contributed by atoms with E-state index in [9.17, 15) is 4.79 Å². The second-order valence-corrected chi connectivity index (χ2v) is 4.91. The summed E-state index contributed by atoms with van der Waals surface area (Å²) in [6, 6.07) is 3.64. The van der Waals surface area contributed by atoms with E-state index in [0.29, 0.717) is 5.92 Å². The molecule has 0 amide bonds. The first-order valence-electron chi connectivity index (χ1n) is 4.83. The predicted octanol–water partition coefficient (Wildman–Crippen LogP) is 3.37. The summed E-state index contributed by atoms with van der Waals surface area (Å²) in [5, 5.41) is 0.834. The Bertz CT molecular complexity index is 291. The average Bonchev–Trinajstić information content (AvgIpc) is 2.50. The van der Waals surface area contributed by atoms with Crippen molar-refractivity contribution in [3.05, 3.63) is 17.0 Å². The second kappa shape index (κ2) is 5.15. The number of ether oxygens (including phenoxy) is 1. The molecule has 0 saturated heterocycles. The Labute approximate surface area is 88.9 Å². The highest BCUT2D eigenvalue weighted by Gasteiger charge is 2.08. The molecule has 1 heterocycles. The van der Waals surface area contributed by atoms with Crippen molar-refractivity contribution in [2.45, 2.75) is 33.3 Å². The standard InChI is InChI=1S/C11H16O2S/c1-8(2)6-9(3)13-11-5-4-10(7-12)14-11/h4-5,7-9H,6H2,1-3H3. The SMILES string of the molecule is CC(C)CC(C)Oc1ccc(C=O)s1. The van der Waals surface area contributed by atoms with Crippen LogP contribution in [-0.2, 0) is 0 Å². The molecular formula is C11H16O2S. The highest BCUT2D eigenvalue weighted by atomic mass is 32.1. The molecule has 0 aromatic carbocycles. The van der Waals surface area contributed by atoms with Gasteiger partial charge in [0.15, 0.2) is 11.3 Å². The Balaban J connectivity index is 2.47. The van der Waals surface area contributed by atoms with Gasteiger partial charge in [0.05, 0.1) is 11.0 Å². The van der Waals surface area contributed by atoms with E-state index in [-0.39, 0.29) is 6.10 Å². The lowest BCUT2D eigenvalue weighted by Gasteiger charge is -2.14. The number of rotatable bonds is 5. The van der Waals surface area contributed by atoms with E-state index >= 15 is 0 Å². The highest BCUT2D eigenvalue weighted by molar-refractivity contribution is 7.15. The van der Waals surface area contributed by atoms with Gasteiger partial charge < -0.3 is 4.74 Å². The van der Waals surface area contributed by atoms with E-state index in [1.54, 1.807) is 6.07 Å². The maximum absolute atomic E-state index is 10.4. The van der Waals surface area contributed by atoms with Crippen LogP contribution in [0.25, 0.3) is 0 Å². The van der Waals surface area contributed by atoms with Gasteiger partial charge in [-0.2, -0.15) is 0 Å². The fraction of sp³-hybridized carbons (Fsp3) is 0.545. The summed E-state index contributed by atoms with van der Waals surface area (Å²) in [7, 11) is 0. The Morgan fingerprint density at radius 1 is 1.43 bits per heavy atom. The van der Waals surface area contributed by atoms with Gasteiger partial charge in [-0.05, 0) is 31.4 Å². The number of carbonyl (C=O) groups excluding carboxylic acids is 1. The monoisotopic (exact) mass is 212 g/mol. The molecule has 1 rings (SSSR count). The van der Waals surface area contributed by atoms with Crippen LogP contribution in [0.1, 0.15) is 36.9 Å². The molecule has 1 aromatic heterocycles. The van der Waals surface area contributed by atoms with E-state index < -0.39 is 0 Å². The van der Waals surface area contributed by atoms with E-state index in [1.807, 2.05) is 6.07 Å². The van der Waals surface area contributed by atoms with Crippen molar-refractivity contribution < 1.29 is 9.53 Å². The molecule has 1 unspecified atom stereocenters. The third-order valence-corrected chi connectivity index (χ3v) is 2.74. The van der Waals surface area contributed by atoms with Crippen molar-refractivity contribution in [1.29, 1.82) is 0 Å². The second-order valence-electron chi connectivity index (χ2n) is 3.83. The van der Waals surface area contributed by atoms with Gasteiger partial charge in [-0.15, -0.1) is 0 Å². The molecule has 0 radical (unpaired) electrons. The zero-order valence-electron chi connectivity index (χ0n) is 8.82. The van der Waals surface area contributed by atoms with Crippen LogP contribution >= 0.6 is 11.3 Å². The van der Waals surface area contributed by atoms with Gasteiger partial charge >= 0.3 is 0 Å². The van der Waals surface area contributed by atoms with Gasteiger partial charge in [0, 0.05) is 0 Å². The molecule has 0 N–H and O–H groups in total. The summed E-state index contributed by atoms with van der Waals surface area (Å²) in [4.78, 5) is 11.2. The minimum Gasteiger partial charge on any atom is -0.481 e. The van der Waals surface area contributed by atoms with Crippen molar-refractivity contribution >= 4 is 17.6 Å². The van der Waals surface area contributed by atoms with Crippen LogP contribution in [0.4, 0.5) is 0 Å². The number of hydrogen-bond donors (Lipinski definition) is 0.